The van der Waals surface area contributed by atoms with Crippen molar-refractivity contribution in [1.82, 2.24) is 19.6 Å². The van der Waals surface area contributed by atoms with E-state index in [-0.39, 0.29) is 32.0 Å². The van der Waals surface area contributed by atoms with Gasteiger partial charge in [-0.25, -0.2) is 9.53 Å². The Bertz CT molecular complexity index is 2610. The first-order valence-corrected chi connectivity index (χ1v) is 16.9. The molecule has 0 radical (unpaired) electrons. The first-order valence-electron chi connectivity index (χ1n) is 15.2. The van der Waals surface area contributed by atoms with Gasteiger partial charge in [0.25, 0.3) is 0 Å². The second-order valence-corrected chi connectivity index (χ2v) is 14.4. The topological polar surface area (TPSA) is 63.8 Å². The summed E-state index contributed by atoms with van der Waals surface area (Å²) in [5.74, 6) is 0. The van der Waals surface area contributed by atoms with Crippen molar-refractivity contribution in [2.45, 2.75) is 31.6 Å². The molecule has 0 saturated carbocycles. The summed E-state index contributed by atoms with van der Waals surface area (Å²) in [6.07, 6.45) is -6.08. The normalized spacial score (nSPS) is 12.7. The van der Waals surface area contributed by atoms with Crippen LogP contribution in [0.15, 0.2) is 85.2 Å². The number of hydrogen-bond donors (Lipinski definition) is 0. The lowest BCUT2D eigenvalue weighted by atomic mass is 9.83. The van der Waals surface area contributed by atoms with Gasteiger partial charge in [-0.3, -0.25) is 4.68 Å². The highest BCUT2D eigenvalue weighted by molar-refractivity contribution is 7.26. The van der Waals surface area contributed by atoms with Gasteiger partial charge in [0.2, 0.25) is 5.69 Å². The van der Waals surface area contributed by atoms with Crippen molar-refractivity contribution < 1.29 is 26.3 Å². The van der Waals surface area contributed by atoms with Crippen molar-refractivity contribution in [3.63, 3.8) is 0 Å². The lowest BCUT2D eigenvalue weighted by molar-refractivity contribution is -0.137. The van der Waals surface area contributed by atoms with Gasteiger partial charge < -0.3 is 0 Å². The first kappa shape index (κ1) is 32.5. The van der Waals surface area contributed by atoms with Crippen molar-refractivity contribution in [1.29, 1.82) is 5.26 Å². The maximum atomic E-state index is 13.9. The van der Waals surface area contributed by atoms with Crippen molar-refractivity contribution in [2.24, 2.45) is 0 Å². The number of alkyl halides is 6. The standard InChI is InChI=1S/C37H20F6N6S2/c1-35(2,33-19(16-44)17-48(46-33)27-14-6-10-22-20-8-4-12-24(36(38,39)40)29(20)50-31(22)27)34-26(45-3)18-49(47-34)28-15-7-11-23-21-9-5-13-25(37(41,42)43)30(21)51-32(23)28/h4-15,17-18H,1-2H3. The van der Waals surface area contributed by atoms with E-state index in [1.165, 1.54) is 33.9 Å². The number of nitrogens with zero attached hydrogens (tertiary/aromatic N) is 6. The average molecular weight is 727 g/mol. The van der Waals surface area contributed by atoms with Crippen LogP contribution in [0.2, 0.25) is 0 Å². The monoisotopic (exact) mass is 726 g/mol. The molecular weight excluding hydrogens is 707 g/mol. The summed E-state index contributed by atoms with van der Waals surface area (Å²) < 4.78 is 87.7. The molecule has 14 heteroatoms. The Morgan fingerprint density at radius 3 is 1.53 bits per heavy atom. The third kappa shape index (κ3) is 4.97. The van der Waals surface area contributed by atoms with Crippen LogP contribution in [0.5, 0.6) is 0 Å². The van der Waals surface area contributed by atoms with Crippen LogP contribution in [-0.4, -0.2) is 19.6 Å². The predicted molar refractivity (Wildman–Crippen MR) is 186 cm³/mol. The molecule has 0 atom stereocenters. The highest BCUT2D eigenvalue weighted by Crippen LogP contribution is 2.46. The summed E-state index contributed by atoms with van der Waals surface area (Å²) in [4.78, 5) is 3.70. The first-order chi connectivity index (χ1) is 24.2. The lowest BCUT2D eigenvalue weighted by Crippen LogP contribution is -2.22. The third-order valence-electron chi connectivity index (χ3n) is 8.95. The summed E-state index contributed by atoms with van der Waals surface area (Å²) in [5, 5.41) is 21.9. The summed E-state index contributed by atoms with van der Waals surface area (Å²) >= 11 is 1.99. The zero-order valence-electron chi connectivity index (χ0n) is 26.4. The number of fused-ring (bicyclic) bond motifs is 6. The third-order valence-corrected chi connectivity index (χ3v) is 11.5. The average Bonchev–Trinajstić information content (AvgIpc) is 3.89. The van der Waals surface area contributed by atoms with Crippen LogP contribution in [0, 0.1) is 17.9 Å². The fourth-order valence-corrected chi connectivity index (χ4v) is 9.27. The summed E-state index contributed by atoms with van der Waals surface area (Å²) in [6.45, 7) is 11.5. The minimum atomic E-state index is -4.55. The van der Waals surface area contributed by atoms with Gasteiger partial charge in [-0.2, -0.15) is 41.8 Å². The number of hydrogen-bond acceptors (Lipinski definition) is 5. The molecule has 0 aliphatic rings. The summed E-state index contributed by atoms with van der Waals surface area (Å²) in [7, 11) is 0. The number of nitriles is 1. The van der Waals surface area contributed by atoms with E-state index in [0.29, 0.717) is 42.3 Å². The number of rotatable bonds is 4. The molecule has 0 saturated heterocycles. The molecule has 252 valence electrons. The minimum Gasteiger partial charge on any atom is -0.251 e. The molecule has 0 unspecified atom stereocenters. The molecule has 8 aromatic rings. The molecule has 4 aromatic carbocycles. The Kier molecular flexibility index (Phi) is 7.11. The van der Waals surface area contributed by atoms with Crippen molar-refractivity contribution in [3.8, 4) is 17.4 Å². The molecule has 8 rings (SSSR count). The van der Waals surface area contributed by atoms with Crippen LogP contribution in [0.1, 0.15) is 41.9 Å². The van der Waals surface area contributed by atoms with E-state index in [4.69, 9.17) is 16.8 Å². The second-order valence-electron chi connectivity index (χ2n) is 12.4. The quantitative estimate of drug-likeness (QED) is 0.134. The Labute approximate surface area is 292 Å². The van der Waals surface area contributed by atoms with E-state index in [0.717, 1.165) is 34.8 Å². The molecule has 0 bridgehead atoms. The Morgan fingerprint density at radius 1 is 0.647 bits per heavy atom. The fraction of sp³-hybridized carbons (Fsp3) is 0.135. The summed E-state index contributed by atoms with van der Waals surface area (Å²) in [6, 6.07) is 20.7. The highest BCUT2D eigenvalue weighted by Gasteiger charge is 2.37. The molecular formula is C37H20F6N6S2. The zero-order chi connectivity index (χ0) is 36.0. The Balaban J connectivity index is 1.26. The maximum absolute atomic E-state index is 13.9. The number of thiophene rings is 2. The Morgan fingerprint density at radius 2 is 1.08 bits per heavy atom. The van der Waals surface area contributed by atoms with Crippen LogP contribution in [0.4, 0.5) is 32.0 Å². The van der Waals surface area contributed by atoms with Gasteiger partial charge in [0.1, 0.15) is 6.07 Å². The van der Waals surface area contributed by atoms with Gasteiger partial charge in [0.05, 0.1) is 55.4 Å². The zero-order valence-corrected chi connectivity index (χ0v) is 28.0. The Hall–Kier alpha value is -5.70. The minimum absolute atomic E-state index is 0.0937. The number of halogens is 6. The van der Waals surface area contributed by atoms with E-state index in [1.54, 1.807) is 62.4 Å². The lowest BCUT2D eigenvalue weighted by Gasteiger charge is -2.21. The molecule has 0 fully saturated rings. The van der Waals surface area contributed by atoms with Gasteiger partial charge in [-0.05, 0) is 38.1 Å². The molecule has 6 nitrogen and oxygen atoms in total. The largest absolute Gasteiger partial charge is 0.417 e. The number of aromatic nitrogens is 4. The fourth-order valence-electron chi connectivity index (χ4n) is 6.59. The van der Waals surface area contributed by atoms with Gasteiger partial charge in [0.15, 0.2) is 0 Å². The van der Waals surface area contributed by atoms with Crippen LogP contribution in [-0.2, 0) is 17.8 Å². The van der Waals surface area contributed by atoms with Gasteiger partial charge in [-0.15, -0.1) is 22.7 Å². The van der Waals surface area contributed by atoms with E-state index >= 15 is 0 Å². The smallest absolute Gasteiger partial charge is 0.251 e. The van der Waals surface area contributed by atoms with E-state index in [9.17, 15) is 31.6 Å². The van der Waals surface area contributed by atoms with Gasteiger partial charge in [-0.1, -0.05) is 48.5 Å². The van der Waals surface area contributed by atoms with Gasteiger partial charge >= 0.3 is 12.4 Å². The molecule has 0 aliphatic carbocycles. The van der Waals surface area contributed by atoms with Crippen molar-refractivity contribution >= 4 is 68.7 Å². The second kappa shape index (κ2) is 11.2. The van der Waals surface area contributed by atoms with E-state index in [1.807, 2.05) is 0 Å². The SMILES string of the molecule is [C-]#[N+]c1cn(-c2cccc3c2sc2c(C(F)(F)F)cccc23)nc1C(C)(C)c1nn(-c2cccc3c2sc2c(C(F)(F)F)cccc23)cc1C#N. The van der Waals surface area contributed by atoms with E-state index < -0.39 is 28.9 Å². The molecule has 0 aliphatic heterocycles. The van der Waals surface area contributed by atoms with Crippen LogP contribution in [0.3, 0.4) is 0 Å². The van der Waals surface area contributed by atoms with Crippen LogP contribution in [0.25, 0.3) is 56.6 Å². The molecule has 4 aromatic heterocycles. The number of benzene rings is 4. The summed E-state index contributed by atoms with van der Waals surface area (Å²) in [5.41, 5.74) is -0.765. The molecule has 51 heavy (non-hydrogen) atoms. The molecule has 0 N–H and O–H groups in total. The van der Waals surface area contributed by atoms with E-state index in [2.05, 4.69) is 10.9 Å². The van der Waals surface area contributed by atoms with Gasteiger partial charge in [0, 0.05) is 48.8 Å². The molecule has 0 amide bonds. The molecule has 0 spiro atoms. The molecule has 4 heterocycles. The van der Waals surface area contributed by atoms with Crippen LogP contribution < -0.4 is 0 Å². The highest BCUT2D eigenvalue weighted by atomic mass is 32.1. The maximum Gasteiger partial charge on any atom is 0.417 e. The van der Waals surface area contributed by atoms with Crippen LogP contribution >= 0.6 is 22.7 Å². The van der Waals surface area contributed by atoms with Crippen molar-refractivity contribution in [2.75, 3.05) is 0 Å². The van der Waals surface area contributed by atoms with Crippen molar-refractivity contribution in [3.05, 3.63) is 125 Å². The predicted octanol–water partition coefficient (Wildman–Crippen LogP) is 11.6.